The Balaban J connectivity index is 1.92. The van der Waals surface area contributed by atoms with Gasteiger partial charge >= 0.3 is 5.97 Å². The van der Waals surface area contributed by atoms with Crippen molar-refractivity contribution in [1.82, 2.24) is 0 Å². The summed E-state index contributed by atoms with van der Waals surface area (Å²) in [6, 6.07) is 3.65. The summed E-state index contributed by atoms with van der Waals surface area (Å²) in [5.74, 6) is -1.20. The number of anilines is 1. The van der Waals surface area contributed by atoms with Gasteiger partial charge in [-0.15, -0.1) is 0 Å². The molecule has 1 fully saturated rings. The summed E-state index contributed by atoms with van der Waals surface area (Å²) in [6.07, 6.45) is 3.35. The predicted octanol–water partition coefficient (Wildman–Crippen LogP) is 3.13. The van der Waals surface area contributed by atoms with E-state index in [9.17, 15) is 14.7 Å². The number of nitrogens with one attached hydrogen (secondary N) is 1. The standard InChI is InChI=1S/C17H22ClNO4/c1-11-8-12(2)15(13(18)9-11)19-14(20)10-23-16(21)17(22)6-4-3-5-7-17/h8-9,22H,3-7,10H2,1-2H3,(H,19,20). The summed E-state index contributed by atoms with van der Waals surface area (Å²) in [7, 11) is 0. The second kappa shape index (κ2) is 7.32. The number of carbonyl (C=O) groups is 2. The quantitative estimate of drug-likeness (QED) is 0.826. The van der Waals surface area contributed by atoms with Crippen molar-refractivity contribution in [1.29, 1.82) is 0 Å². The van der Waals surface area contributed by atoms with Crippen LogP contribution in [0.5, 0.6) is 0 Å². The normalized spacial score (nSPS) is 16.7. The third kappa shape index (κ3) is 4.45. The summed E-state index contributed by atoms with van der Waals surface area (Å²) in [6.45, 7) is 3.31. The average molecular weight is 340 g/mol. The number of halogens is 1. The lowest BCUT2D eigenvalue weighted by Gasteiger charge is -2.29. The molecule has 0 radical (unpaired) electrons. The van der Waals surface area contributed by atoms with Crippen LogP contribution in [0, 0.1) is 13.8 Å². The van der Waals surface area contributed by atoms with Crippen molar-refractivity contribution in [2.24, 2.45) is 0 Å². The van der Waals surface area contributed by atoms with Crippen molar-refractivity contribution in [2.75, 3.05) is 11.9 Å². The molecule has 0 spiro atoms. The van der Waals surface area contributed by atoms with Crippen LogP contribution in [-0.4, -0.2) is 29.2 Å². The van der Waals surface area contributed by atoms with E-state index in [1.807, 2.05) is 19.9 Å². The highest BCUT2D eigenvalue weighted by Gasteiger charge is 2.38. The molecule has 0 atom stereocenters. The molecular weight excluding hydrogens is 318 g/mol. The van der Waals surface area contributed by atoms with Crippen LogP contribution >= 0.6 is 11.6 Å². The molecule has 1 aromatic carbocycles. The van der Waals surface area contributed by atoms with Gasteiger partial charge in [-0.1, -0.05) is 24.1 Å². The Kier molecular flexibility index (Phi) is 5.65. The predicted molar refractivity (Wildman–Crippen MR) is 88.5 cm³/mol. The van der Waals surface area contributed by atoms with Gasteiger partial charge in [0.05, 0.1) is 10.7 Å². The van der Waals surface area contributed by atoms with Crippen LogP contribution in [0.25, 0.3) is 0 Å². The number of hydrogen-bond acceptors (Lipinski definition) is 4. The van der Waals surface area contributed by atoms with Crippen molar-refractivity contribution in [3.05, 3.63) is 28.3 Å². The number of aliphatic hydroxyl groups is 1. The maximum absolute atomic E-state index is 12.0. The number of rotatable bonds is 4. The van der Waals surface area contributed by atoms with Gasteiger partial charge in [0, 0.05) is 0 Å². The van der Waals surface area contributed by atoms with Crippen LogP contribution in [-0.2, 0) is 14.3 Å². The molecule has 5 nitrogen and oxygen atoms in total. The molecule has 1 aliphatic rings. The zero-order valence-electron chi connectivity index (χ0n) is 13.4. The molecule has 2 rings (SSSR count). The van der Waals surface area contributed by atoms with Crippen LogP contribution in [0.15, 0.2) is 12.1 Å². The molecule has 2 N–H and O–H groups in total. The maximum atomic E-state index is 12.0. The lowest BCUT2D eigenvalue weighted by atomic mass is 9.85. The fourth-order valence-electron chi connectivity index (χ4n) is 2.86. The largest absolute Gasteiger partial charge is 0.453 e. The molecule has 1 saturated carbocycles. The minimum Gasteiger partial charge on any atom is -0.453 e. The van der Waals surface area contributed by atoms with Gasteiger partial charge in [-0.25, -0.2) is 4.79 Å². The van der Waals surface area contributed by atoms with Gasteiger partial charge in [0.1, 0.15) is 0 Å². The van der Waals surface area contributed by atoms with Crippen molar-refractivity contribution in [3.8, 4) is 0 Å². The topological polar surface area (TPSA) is 75.6 Å². The smallest absolute Gasteiger partial charge is 0.338 e. The van der Waals surface area contributed by atoms with Gasteiger partial charge in [-0.05, 0) is 56.7 Å². The fourth-order valence-corrected chi connectivity index (χ4v) is 3.22. The van der Waals surface area contributed by atoms with E-state index in [2.05, 4.69) is 5.32 Å². The van der Waals surface area contributed by atoms with Gasteiger partial charge in [0.15, 0.2) is 12.2 Å². The molecule has 0 unspecified atom stereocenters. The molecule has 0 saturated heterocycles. The molecule has 23 heavy (non-hydrogen) atoms. The minimum absolute atomic E-state index is 0.385. The number of aryl methyl sites for hydroxylation is 2. The SMILES string of the molecule is Cc1cc(C)c(NC(=O)COC(=O)C2(O)CCCCC2)c(Cl)c1. The van der Waals surface area contributed by atoms with E-state index in [0.717, 1.165) is 30.4 Å². The monoisotopic (exact) mass is 339 g/mol. The summed E-state index contributed by atoms with van der Waals surface area (Å²) in [5, 5.41) is 13.3. The summed E-state index contributed by atoms with van der Waals surface area (Å²) >= 11 is 6.12. The molecule has 0 aromatic heterocycles. The first-order chi connectivity index (χ1) is 10.8. The van der Waals surface area contributed by atoms with Crippen molar-refractivity contribution in [3.63, 3.8) is 0 Å². The number of amides is 1. The second-order valence-corrected chi connectivity index (χ2v) is 6.56. The van der Waals surface area contributed by atoms with Gasteiger partial charge in [-0.3, -0.25) is 4.79 Å². The van der Waals surface area contributed by atoms with Crippen molar-refractivity contribution in [2.45, 2.75) is 51.6 Å². The lowest BCUT2D eigenvalue weighted by molar-refractivity contribution is -0.170. The van der Waals surface area contributed by atoms with Gasteiger partial charge in [-0.2, -0.15) is 0 Å². The lowest BCUT2D eigenvalue weighted by Crippen LogP contribution is -2.42. The third-order valence-electron chi connectivity index (χ3n) is 4.09. The number of hydrogen-bond donors (Lipinski definition) is 2. The van der Waals surface area contributed by atoms with Crippen molar-refractivity contribution < 1.29 is 19.4 Å². The molecule has 1 amide bonds. The molecule has 0 bridgehead atoms. The van der Waals surface area contributed by atoms with Gasteiger partial charge < -0.3 is 15.2 Å². The average Bonchev–Trinajstić information content (AvgIpc) is 2.49. The Morgan fingerprint density at radius 3 is 2.52 bits per heavy atom. The first-order valence-electron chi connectivity index (χ1n) is 7.78. The van der Waals surface area contributed by atoms with E-state index in [-0.39, 0.29) is 0 Å². The number of benzene rings is 1. The zero-order valence-corrected chi connectivity index (χ0v) is 14.2. The molecule has 6 heteroatoms. The van der Waals surface area contributed by atoms with Crippen molar-refractivity contribution >= 4 is 29.2 Å². The number of esters is 1. The summed E-state index contributed by atoms with van der Waals surface area (Å²) < 4.78 is 4.98. The Morgan fingerprint density at radius 2 is 1.91 bits per heavy atom. The van der Waals surface area contributed by atoms with E-state index in [1.54, 1.807) is 6.07 Å². The van der Waals surface area contributed by atoms with Crippen LogP contribution in [0.3, 0.4) is 0 Å². The first-order valence-corrected chi connectivity index (χ1v) is 8.16. The van der Waals surface area contributed by atoms with E-state index in [0.29, 0.717) is 23.6 Å². The third-order valence-corrected chi connectivity index (χ3v) is 4.39. The van der Waals surface area contributed by atoms with Crippen LogP contribution < -0.4 is 5.32 Å². The molecule has 0 aliphatic heterocycles. The summed E-state index contributed by atoms with van der Waals surface area (Å²) in [4.78, 5) is 23.9. The van der Waals surface area contributed by atoms with Crippen LogP contribution in [0.2, 0.25) is 5.02 Å². The Labute approximate surface area is 141 Å². The highest BCUT2D eigenvalue weighted by molar-refractivity contribution is 6.34. The van der Waals surface area contributed by atoms with E-state index in [1.165, 1.54) is 0 Å². The Hall–Kier alpha value is -1.59. The highest BCUT2D eigenvalue weighted by atomic mass is 35.5. The Bertz CT molecular complexity index is 586. The van der Waals surface area contributed by atoms with E-state index in [4.69, 9.17) is 16.3 Å². The molecule has 126 valence electrons. The Morgan fingerprint density at radius 1 is 1.26 bits per heavy atom. The summed E-state index contributed by atoms with van der Waals surface area (Å²) in [5.41, 5.74) is 0.891. The minimum atomic E-state index is -1.45. The van der Waals surface area contributed by atoms with E-state index >= 15 is 0 Å². The first kappa shape index (κ1) is 17.8. The van der Waals surface area contributed by atoms with E-state index < -0.39 is 24.1 Å². The van der Waals surface area contributed by atoms with Gasteiger partial charge in [0.25, 0.3) is 5.91 Å². The molecule has 1 aliphatic carbocycles. The maximum Gasteiger partial charge on any atom is 0.338 e. The number of carbonyl (C=O) groups excluding carboxylic acids is 2. The van der Waals surface area contributed by atoms with Crippen LogP contribution in [0.1, 0.15) is 43.2 Å². The fraction of sp³-hybridized carbons (Fsp3) is 0.529. The second-order valence-electron chi connectivity index (χ2n) is 6.16. The molecule has 1 aromatic rings. The van der Waals surface area contributed by atoms with Gasteiger partial charge in [0.2, 0.25) is 0 Å². The highest BCUT2D eigenvalue weighted by Crippen LogP contribution is 2.29. The van der Waals surface area contributed by atoms with Crippen LogP contribution in [0.4, 0.5) is 5.69 Å². The molecule has 0 heterocycles. The molecular formula is C17H22ClNO4. The number of ether oxygens (including phenoxy) is 1. The zero-order chi connectivity index (χ0) is 17.0.